The molecule has 2 heterocycles. The van der Waals surface area contributed by atoms with Gasteiger partial charge in [0, 0.05) is 13.1 Å². The highest BCUT2D eigenvalue weighted by Gasteiger charge is 2.37. The molecule has 0 spiro atoms. The summed E-state index contributed by atoms with van der Waals surface area (Å²) in [6.45, 7) is 0.807. The number of amides is 3. The van der Waals surface area contributed by atoms with Crippen LogP contribution >= 0.6 is 35.0 Å². The predicted octanol–water partition coefficient (Wildman–Crippen LogP) is 4.61. The first-order valence-corrected chi connectivity index (χ1v) is 10.5. The Bertz CT molecular complexity index is 1050. The molecule has 5 nitrogen and oxygen atoms in total. The number of hydrogen-bond donors (Lipinski definition) is 0. The van der Waals surface area contributed by atoms with Gasteiger partial charge in [0.15, 0.2) is 0 Å². The lowest BCUT2D eigenvalue weighted by molar-refractivity contribution is -0.136. The molecule has 2 aliphatic heterocycles. The smallest absolute Gasteiger partial charge is 0.294 e. The maximum atomic E-state index is 12.7. The van der Waals surface area contributed by atoms with Gasteiger partial charge in [0.2, 0.25) is 5.91 Å². The molecule has 2 aromatic rings. The third kappa shape index (κ3) is 4.20. The molecule has 3 amide bonds. The van der Waals surface area contributed by atoms with Crippen LogP contribution in [0.1, 0.15) is 16.7 Å². The molecule has 0 atom stereocenters. The van der Waals surface area contributed by atoms with Gasteiger partial charge >= 0.3 is 0 Å². The topological polar surface area (TPSA) is 57.7 Å². The second-order valence-electron chi connectivity index (χ2n) is 6.78. The molecule has 1 saturated heterocycles. The molecule has 0 radical (unpaired) electrons. The number of imide groups is 1. The summed E-state index contributed by atoms with van der Waals surface area (Å²) in [5.74, 6) is -0.713. The number of carbonyl (C=O) groups excluding carboxylic acids is 3. The summed E-state index contributed by atoms with van der Waals surface area (Å²) in [4.78, 5) is 40.7. The Labute approximate surface area is 182 Å². The van der Waals surface area contributed by atoms with E-state index in [4.69, 9.17) is 23.2 Å². The summed E-state index contributed by atoms with van der Waals surface area (Å²) in [6, 6.07) is 12.9. The van der Waals surface area contributed by atoms with Gasteiger partial charge in [0.1, 0.15) is 6.54 Å². The summed E-state index contributed by atoms with van der Waals surface area (Å²) in [6.07, 6.45) is 2.34. The van der Waals surface area contributed by atoms with Crippen molar-refractivity contribution in [2.75, 3.05) is 13.1 Å². The summed E-state index contributed by atoms with van der Waals surface area (Å²) < 4.78 is 0. The zero-order chi connectivity index (χ0) is 20.5. The van der Waals surface area contributed by atoms with Crippen molar-refractivity contribution in [2.24, 2.45) is 0 Å². The second kappa shape index (κ2) is 8.22. The van der Waals surface area contributed by atoms with E-state index in [2.05, 4.69) is 6.07 Å². The van der Waals surface area contributed by atoms with E-state index in [0.717, 1.165) is 28.6 Å². The molecule has 4 rings (SSSR count). The Morgan fingerprint density at radius 2 is 1.83 bits per heavy atom. The second-order valence-corrected chi connectivity index (χ2v) is 8.58. The third-order valence-electron chi connectivity index (χ3n) is 4.89. The highest BCUT2D eigenvalue weighted by atomic mass is 35.5. The van der Waals surface area contributed by atoms with Gasteiger partial charge in [0.05, 0.1) is 15.0 Å². The average Bonchev–Trinajstić information content (AvgIpc) is 2.97. The molecule has 2 aliphatic rings. The number of nitrogens with zero attached hydrogens (tertiary/aromatic N) is 2. The Hall–Kier alpha value is -2.28. The van der Waals surface area contributed by atoms with Crippen LogP contribution < -0.4 is 0 Å². The van der Waals surface area contributed by atoms with Gasteiger partial charge in [-0.1, -0.05) is 53.5 Å². The van der Waals surface area contributed by atoms with Gasteiger partial charge in [-0.05, 0) is 53.1 Å². The zero-order valence-corrected chi connectivity index (χ0v) is 17.6. The van der Waals surface area contributed by atoms with E-state index < -0.39 is 11.1 Å². The minimum atomic E-state index is -0.475. The van der Waals surface area contributed by atoms with Crippen molar-refractivity contribution in [1.82, 2.24) is 9.80 Å². The molecule has 0 saturated carbocycles. The van der Waals surface area contributed by atoms with Gasteiger partial charge in [-0.3, -0.25) is 19.3 Å². The average molecular weight is 447 g/mol. The molecular formula is C21H16Cl2N2O3S. The number of thioether (sulfide) groups is 1. The van der Waals surface area contributed by atoms with Gasteiger partial charge < -0.3 is 4.90 Å². The van der Waals surface area contributed by atoms with Crippen LogP contribution in [0.2, 0.25) is 10.0 Å². The van der Waals surface area contributed by atoms with Crippen LogP contribution in [0, 0.1) is 0 Å². The molecule has 0 aliphatic carbocycles. The Morgan fingerprint density at radius 3 is 2.59 bits per heavy atom. The van der Waals surface area contributed by atoms with Crippen molar-refractivity contribution in [3.05, 3.63) is 74.1 Å². The van der Waals surface area contributed by atoms with Crippen LogP contribution in [-0.4, -0.2) is 39.9 Å². The standard InChI is InChI=1S/C21H16Cl2N2O3S/c22-16-6-5-13(9-17(16)23)10-18-20(27)25(21(28)29-18)12-19(26)24-8-7-14-3-1-2-4-15(14)11-24/h1-6,9-10H,7-8,11-12H2/b18-10-. The van der Waals surface area contributed by atoms with Crippen molar-refractivity contribution in [3.8, 4) is 0 Å². The first kappa shape index (κ1) is 20.0. The third-order valence-corrected chi connectivity index (χ3v) is 6.54. The Kier molecular flexibility index (Phi) is 5.67. The van der Waals surface area contributed by atoms with Crippen molar-refractivity contribution in [2.45, 2.75) is 13.0 Å². The minimum absolute atomic E-state index is 0.238. The summed E-state index contributed by atoms with van der Waals surface area (Å²) >= 11 is 12.7. The molecule has 0 bridgehead atoms. The van der Waals surface area contributed by atoms with Crippen LogP contribution in [-0.2, 0) is 22.6 Å². The molecule has 8 heteroatoms. The molecule has 1 fully saturated rings. The molecular weight excluding hydrogens is 431 g/mol. The van der Waals surface area contributed by atoms with Crippen LogP contribution in [0.4, 0.5) is 4.79 Å². The maximum Gasteiger partial charge on any atom is 0.294 e. The number of benzene rings is 2. The Balaban J connectivity index is 1.46. The highest BCUT2D eigenvalue weighted by molar-refractivity contribution is 8.18. The summed E-state index contributed by atoms with van der Waals surface area (Å²) in [5, 5.41) is 0.317. The van der Waals surface area contributed by atoms with Crippen LogP contribution in [0.25, 0.3) is 6.08 Å². The lowest BCUT2D eigenvalue weighted by Crippen LogP contribution is -2.44. The van der Waals surface area contributed by atoms with E-state index in [0.29, 0.717) is 28.7 Å². The minimum Gasteiger partial charge on any atom is -0.336 e. The van der Waals surface area contributed by atoms with E-state index in [9.17, 15) is 14.4 Å². The number of rotatable bonds is 3. The summed E-state index contributed by atoms with van der Waals surface area (Å²) in [5.41, 5.74) is 2.98. The van der Waals surface area contributed by atoms with Crippen molar-refractivity contribution < 1.29 is 14.4 Å². The molecule has 29 heavy (non-hydrogen) atoms. The molecule has 0 aromatic heterocycles. The normalized spacial score (nSPS) is 17.8. The number of carbonyl (C=O) groups is 3. The van der Waals surface area contributed by atoms with Gasteiger partial charge in [-0.25, -0.2) is 0 Å². The first-order chi connectivity index (χ1) is 13.9. The lowest BCUT2D eigenvalue weighted by atomic mass is 10.00. The molecule has 0 unspecified atom stereocenters. The van der Waals surface area contributed by atoms with Gasteiger partial charge in [0.25, 0.3) is 11.1 Å². The monoisotopic (exact) mass is 446 g/mol. The van der Waals surface area contributed by atoms with Crippen molar-refractivity contribution in [3.63, 3.8) is 0 Å². The largest absolute Gasteiger partial charge is 0.336 e. The first-order valence-electron chi connectivity index (χ1n) is 8.97. The van der Waals surface area contributed by atoms with Gasteiger partial charge in [-0.15, -0.1) is 0 Å². The zero-order valence-electron chi connectivity index (χ0n) is 15.2. The van der Waals surface area contributed by atoms with Crippen LogP contribution in [0.15, 0.2) is 47.4 Å². The van der Waals surface area contributed by atoms with Gasteiger partial charge in [-0.2, -0.15) is 0 Å². The van der Waals surface area contributed by atoms with Crippen molar-refractivity contribution in [1.29, 1.82) is 0 Å². The lowest BCUT2D eigenvalue weighted by Gasteiger charge is -2.29. The fraction of sp³-hybridized carbons (Fsp3) is 0.190. The highest BCUT2D eigenvalue weighted by Crippen LogP contribution is 2.33. The number of hydrogen-bond acceptors (Lipinski definition) is 4. The van der Waals surface area contributed by atoms with E-state index in [-0.39, 0.29) is 17.4 Å². The van der Waals surface area contributed by atoms with Crippen LogP contribution in [0.3, 0.4) is 0 Å². The molecule has 148 valence electrons. The SMILES string of the molecule is O=C(CN1C(=O)S/C(=C\c2ccc(Cl)c(Cl)c2)C1=O)N1CCc2ccccc2C1. The number of fused-ring (bicyclic) bond motifs is 1. The van der Waals surface area contributed by atoms with Crippen molar-refractivity contribution >= 4 is 58.1 Å². The molecule has 2 aromatic carbocycles. The van der Waals surface area contributed by atoms with Crippen LogP contribution in [0.5, 0.6) is 0 Å². The van der Waals surface area contributed by atoms with E-state index >= 15 is 0 Å². The fourth-order valence-electron chi connectivity index (χ4n) is 3.33. The molecule has 0 N–H and O–H groups in total. The summed E-state index contributed by atoms with van der Waals surface area (Å²) in [7, 11) is 0. The van der Waals surface area contributed by atoms with E-state index in [1.165, 1.54) is 5.56 Å². The number of halogens is 2. The fourth-order valence-corrected chi connectivity index (χ4v) is 4.48. The maximum absolute atomic E-state index is 12.7. The predicted molar refractivity (Wildman–Crippen MR) is 115 cm³/mol. The quantitative estimate of drug-likeness (QED) is 0.645. The van der Waals surface area contributed by atoms with E-state index in [1.807, 2.05) is 18.2 Å². The van der Waals surface area contributed by atoms with E-state index in [1.54, 1.807) is 29.2 Å². The Morgan fingerprint density at radius 1 is 1.07 bits per heavy atom.